The average molecular weight is 346 g/mol. The summed E-state index contributed by atoms with van der Waals surface area (Å²) in [5, 5.41) is 4.32. The third-order valence-corrected chi connectivity index (χ3v) is 3.57. The fraction of sp³-hybridized carbons (Fsp3) is 0.133. The van der Waals surface area contributed by atoms with Crippen LogP contribution >= 0.6 is 15.9 Å². The zero-order valence-electron chi connectivity index (χ0n) is 11.3. The maximum absolute atomic E-state index is 11.8. The highest BCUT2D eigenvalue weighted by Crippen LogP contribution is 2.22. The number of carbonyl (C=O) groups is 1. The van der Waals surface area contributed by atoms with Gasteiger partial charge in [0, 0.05) is 5.56 Å². The Balaban J connectivity index is 2.01. The first-order chi connectivity index (χ1) is 10.2. The lowest BCUT2D eigenvalue weighted by atomic mass is 10.1. The molecule has 5 nitrogen and oxygen atoms in total. The molecule has 0 amide bonds. The molecule has 6 heteroatoms. The van der Waals surface area contributed by atoms with Crippen molar-refractivity contribution in [1.82, 2.24) is 14.6 Å². The zero-order chi connectivity index (χ0) is 14.8. The van der Waals surface area contributed by atoms with E-state index in [9.17, 15) is 4.79 Å². The topological polar surface area (TPSA) is 56.5 Å². The van der Waals surface area contributed by atoms with Crippen LogP contribution in [0.25, 0.3) is 16.8 Å². The minimum Gasteiger partial charge on any atom is -0.462 e. The van der Waals surface area contributed by atoms with Gasteiger partial charge in [0.2, 0.25) is 0 Å². The molecule has 0 aliphatic carbocycles. The van der Waals surface area contributed by atoms with Gasteiger partial charge in [0.05, 0.1) is 24.6 Å². The summed E-state index contributed by atoms with van der Waals surface area (Å²) in [6, 6.07) is 9.20. The molecular weight excluding hydrogens is 334 g/mol. The van der Waals surface area contributed by atoms with E-state index in [0.717, 1.165) is 21.4 Å². The number of fused-ring (bicyclic) bond motifs is 1. The molecule has 0 atom stereocenters. The van der Waals surface area contributed by atoms with E-state index < -0.39 is 0 Å². The van der Waals surface area contributed by atoms with Gasteiger partial charge in [-0.15, -0.1) is 0 Å². The molecule has 2 heterocycles. The number of rotatable bonds is 3. The summed E-state index contributed by atoms with van der Waals surface area (Å²) in [5.74, 6) is -0.322. The number of hydrogen-bond acceptors (Lipinski definition) is 4. The molecule has 106 valence electrons. The molecule has 0 saturated carbocycles. The molecule has 0 N–H and O–H groups in total. The van der Waals surface area contributed by atoms with Gasteiger partial charge in [0.1, 0.15) is 4.60 Å². The number of halogens is 1. The van der Waals surface area contributed by atoms with Crippen molar-refractivity contribution < 1.29 is 9.53 Å². The van der Waals surface area contributed by atoms with Gasteiger partial charge in [-0.1, -0.05) is 12.1 Å². The number of ether oxygens (including phenoxy) is 1. The smallest absolute Gasteiger partial charge is 0.338 e. The normalized spacial score (nSPS) is 10.8. The van der Waals surface area contributed by atoms with Gasteiger partial charge in [-0.2, -0.15) is 5.10 Å². The summed E-state index contributed by atoms with van der Waals surface area (Å²) in [7, 11) is 0. The SMILES string of the molecule is CCOC(=O)c1cccc(-c2cnn3c(Br)cnc3c2)c1. The van der Waals surface area contributed by atoms with Gasteiger partial charge >= 0.3 is 5.97 Å². The van der Waals surface area contributed by atoms with Crippen LogP contribution < -0.4 is 0 Å². The highest BCUT2D eigenvalue weighted by molar-refractivity contribution is 9.10. The maximum atomic E-state index is 11.8. The number of benzene rings is 1. The largest absolute Gasteiger partial charge is 0.462 e. The Bertz CT molecular complexity index is 814. The Labute approximate surface area is 129 Å². The molecule has 0 spiro atoms. The molecule has 2 aromatic heterocycles. The van der Waals surface area contributed by atoms with Crippen LogP contribution in [-0.2, 0) is 4.74 Å². The summed E-state index contributed by atoms with van der Waals surface area (Å²) in [6.07, 6.45) is 3.44. The summed E-state index contributed by atoms with van der Waals surface area (Å²) >= 11 is 3.37. The Morgan fingerprint density at radius 1 is 1.29 bits per heavy atom. The van der Waals surface area contributed by atoms with Crippen LogP contribution in [0.3, 0.4) is 0 Å². The second-order valence-electron chi connectivity index (χ2n) is 4.40. The van der Waals surface area contributed by atoms with Crippen molar-refractivity contribution in [3.63, 3.8) is 0 Å². The van der Waals surface area contributed by atoms with Crippen LogP contribution in [0.5, 0.6) is 0 Å². The zero-order valence-corrected chi connectivity index (χ0v) is 12.9. The minimum atomic E-state index is -0.322. The van der Waals surface area contributed by atoms with E-state index in [1.165, 1.54) is 0 Å². The Kier molecular flexibility index (Phi) is 3.70. The minimum absolute atomic E-state index is 0.322. The van der Waals surface area contributed by atoms with Crippen molar-refractivity contribution in [1.29, 1.82) is 0 Å². The van der Waals surface area contributed by atoms with E-state index in [-0.39, 0.29) is 5.97 Å². The van der Waals surface area contributed by atoms with Gasteiger partial charge in [-0.05, 0) is 46.6 Å². The molecule has 3 rings (SSSR count). The van der Waals surface area contributed by atoms with E-state index in [0.29, 0.717) is 12.2 Å². The van der Waals surface area contributed by atoms with Crippen molar-refractivity contribution in [3.05, 3.63) is 52.9 Å². The number of esters is 1. The quantitative estimate of drug-likeness (QED) is 0.683. The van der Waals surface area contributed by atoms with Crippen LogP contribution in [0.2, 0.25) is 0 Å². The third kappa shape index (κ3) is 2.67. The molecule has 21 heavy (non-hydrogen) atoms. The Morgan fingerprint density at radius 3 is 2.95 bits per heavy atom. The molecular formula is C15H12BrN3O2. The number of nitrogens with zero attached hydrogens (tertiary/aromatic N) is 3. The fourth-order valence-corrected chi connectivity index (χ4v) is 2.42. The predicted octanol–water partition coefficient (Wildman–Crippen LogP) is 3.34. The van der Waals surface area contributed by atoms with E-state index >= 15 is 0 Å². The van der Waals surface area contributed by atoms with Gasteiger partial charge in [-0.3, -0.25) is 0 Å². The van der Waals surface area contributed by atoms with Crippen molar-refractivity contribution >= 4 is 27.5 Å². The second-order valence-corrected chi connectivity index (χ2v) is 5.21. The maximum Gasteiger partial charge on any atom is 0.338 e. The molecule has 0 fully saturated rings. The molecule has 0 unspecified atom stereocenters. The van der Waals surface area contributed by atoms with Crippen LogP contribution in [-0.4, -0.2) is 27.2 Å². The highest BCUT2D eigenvalue weighted by Gasteiger charge is 2.09. The summed E-state index contributed by atoms with van der Waals surface area (Å²) in [4.78, 5) is 16.0. The fourth-order valence-electron chi connectivity index (χ4n) is 2.05. The van der Waals surface area contributed by atoms with E-state index in [2.05, 4.69) is 26.0 Å². The van der Waals surface area contributed by atoms with Gasteiger partial charge < -0.3 is 4.74 Å². The Hall–Kier alpha value is -2.21. The number of carbonyl (C=O) groups excluding carboxylic acids is 1. The molecule has 0 aliphatic heterocycles. The van der Waals surface area contributed by atoms with Gasteiger partial charge in [0.25, 0.3) is 0 Å². The molecule has 3 aromatic rings. The van der Waals surface area contributed by atoms with E-state index in [1.54, 1.807) is 36.0 Å². The van der Waals surface area contributed by atoms with Gasteiger partial charge in [-0.25, -0.2) is 14.3 Å². The van der Waals surface area contributed by atoms with Crippen molar-refractivity contribution in [2.45, 2.75) is 6.92 Å². The first kappa shape index (κ1) is 13.8. The molecule has 1 aromatic carbocycles. The molecule has 0 saturated heterocycles. The van der Waals surface area contributed by atoms with Crippen LogP contribution in [0.1, 0.15) is 17.3 Å². The van der Waals surface area contributed by atoms with Crippen molar-refractivity contribution in [3.8, 4) is 11.1 Å². The first-order valence-electron chi connectivity index (χ1n) is 6.46. The van der Waals surface area contributed by atoms with E-state index in [4.69, 9.17) is 4.74 Å². The number of imidazole rings is 1. The molecule has 0 aliphatic rings. The molecule has 0 bridgehead atoms. The summed E-state index contributed by atoms with van der Waals surface area (Å²) < 4.78 is 7.50. The van der Waals surface area contributed by atoms with Crippen LogP contribution in [0, 0.1) is 0 Å². The second kappa shape index (κ2) is 5.65. The number of hydrogen-bond donors (Lipinski definition) is 0. The lowest BCUT2D eigenvalue weighted by Gasteiger charge is -2.05. The van der Waals surface area contributed by atoms with Crippen LogP contribution in [0.15, 0.2) is 47.3 Å². The highest BCUT2D eigenvalue weighted by atomic mass is 79.9. The van der Waals surface area contributed by atoms with Crippen molar-refractivity contribution in [2.24, 2.45) is 0 Å². The average Bonchev–Trinajstić information content (AvgIpc) is 2.88. The monoisotopic (exact) mass is 345 g/mol. The predicted molar refractivity (Wildman–Crippen MR) is 82.1 cm³/mol. The van der Waals surface area contributed by atoms with Crippen molar-refractivity contribution in [2.75, 3.05) is 6.61 Å². The standard InChI is InChI=1S/C15H12BrN3O2/c1-2-21-15(20)11-5-3-4-10(6-11)12-7-14-17-9-13(16)19(14)18-8-12/h3-9H,2H2,1H3. The number of aromatic nitrogens is 3. The summed E-state index contributed by atoms with van der Waals surface area (Å²) in [6.45, 7) is 2.15. The molecule has 0 radical (unpaired) electrons. The third-order valence-electron chi connectivity index (χ3n) is 3.03. The lowest BCUT2D eigenvalue weighted by Crippen LogP contribution is -2.04. The first-order valence-corrected chi connectivity index (χ1v) is 7.25. The van der Waals surface area contributed by atoms with Crippen LogP contribution in [0.4, 0.5) is 0 Å². The lowest BCUT2D eigenvalue weighted by molar-refractivity contribution is 0.0526. The van der Waals surface area contributed by atoms with Gasteiger partial charge in [0.15, 0.2) is 5.65 Å². The Morgan fingerprint density at radius 2 is 2.14 bits per heavy atom. The summed E-state index contributed by atoms with van der Waals surface area (Å²) in [5.41, 5.74) is 3.06. The van der Waals surface area contributed by atoms with E-state index in [1.807, 2.05) is 18.2 Å².